The van der Waals surface area contributed by atoms with Crippen LogP contribution in [0.5, 0.6) is 0 Å². The minimum absolute atomic E-state index is 0.461. The van der Waals surface area contributed by atoms with E-state index in [9.17, 15) is 0 Å². The van der Waals surface area contributed by atoms with Crippen LogP contribution >= 0.6 is 11.6 Å². The van der Waals surface area contributed by atoms with Crippen LogP contribution in [-0.4, -0.2) is 47.2 Å². The van der Waals surface area contributed by atoms with E-state index in [2.05, 4.69) is 9.88 Å². The van der Waals surface area contributed by atoms with E-state index < -0.39 is 0 Å². The first kappa shape index (κ1) is 17.0. The molecular formula is C20H24ClN3O. The summed E-state index contributed by atoms with van der Waals surface area (Å²) >= 11 is 6.12. The zero-order chi connectivity index (χ0) is 17.1. The van der Waals surface area contributed by atoms with Gasteiger partial charge in [0.05, 0.1) is 17.6 Å². The van der Waals surface area contributed by atoms with Gasteiger partial charge in [0, 0.05) is 48.5 Å². The van der Waals surface area contributed by atoms with Gasteiger partial charge < -0.3 is 4.74 Å². The van der Waals surface area contributed by atoms with Crippen LogP contribution in [-0.2, 0) is 4.74 Å². The van der Waals surface area contributed by atoms with E-state index in [1.54, 1.807) is 0 Å². The van der Waals surface area contributed by atoms with Crippen molar-refractivity contribution in [2.24, 2.45) is 0 Å². The summed E-state index contributed by atoms with van der Waals surface area (Å²) in [5.41, 5.74) is 3.04. The molecular weight excluding hydrogens is 334 g/mol. The Hall–Kier alpha value is -1.49. The number of rotatable bonds is 3. The molecule has 0 bridgehead atoms. The SMILES string of the molecule is Clc1cccc(-c2cncc(C3CCCN(C4CCOCC4)C3)n2)c1. The lowest BCUT2D eigenvalue weighted by Gasteiger charge is -2.39. The van der Waals surface area contributed by atoms with Crippen LogP contribution in [0.2, 0.25) is 5.02 Å². The van der Waals surface area contributed by atoms with Crippen molar-refractivity contribution in [1.82, 2.24) is 14.9 Å². The van der Waals surface area contributed by atoms with Crippen LogP contribution in [0, 0.1) is 0 Å². The van der Waals surface area contributed by atoms with Crippen molar-refractivity contribution in [2.75, 3.05) is 26.3 Å². The van der Waals surface area contributed by atoms with Gasteiger partial charge in [-0.15, -0.1) is 0 Å². The van der Waals surface area contributed by atoms with E-state index in [0.29, 0.717) is 12.0 Å². The second kappa shape index (κ2) is 7.81. The number of benzene rings is 1. The highest BCUT2D eigenvalue weighted by atomic mass is 35.5. The lowest BCUT2D eigenvalue weighted by Crippen LogP contribution is -2.44. The number of ether oxygens (including phenoxy) is 1. The third-order valence-corrected chi connectivity index (χ3v) is 5.59. The Bertz CT molecular complexity index is 718. The molecule has 0 N–H and O–H groups in total. The van der Waals surface area contributed by atoms with E-state index in [1.807, 2.05) is 36.7 Å². The topological polar surface area (TPSA) is 38.2 Å². The number of nitrogens with zero attached hydrogens (tertiary/aromatic N) is 3. The normalized spacial score (nSPS) is 22.8. The molecule has 4 rings (SSSR count). The predicted octanol–water partition coefficient (Wildman–Crippen LogP) is 4.16. The second-order valence-electron chi connectivity index (χ2n) is 7.02. The molecule has 5 heteroatoms. The Morgan fingerprint density at radius 1 is 1.12 bits per heavy atom. The van der Waals surface area contributed by atoms with E-state index in [-0.39, 0.29) is 0 Å². The highest BCUT2D eigenvalue weighted by Gasteiger charge is 2.28. The highest BCUT2D eigenvalue weighted by Crippen LogP contribution is 2.30. The molecule has 0 amide bonds. The van der Waals surface area contributed by atoms with Crippen molar-refractivity contribution >= 4 is 11.6 Å². The van der Waals surface area contributed by atoms with Crippen LogP contribution in [0.3, 0.4) is 0 Å². The lowest BCUT2D eigenvalue weighted by molar-refractivity contribution is 0.0237. The third kappa shape index (κ3) is 4.02. The zero-order valence-corrected chi connectivity index (χ0v) is 15.2. The van der Waals surface area contributed by atoms with Gasteiger partial charge in [-0.05, 0) is 44.4 Å². The first-order chi connectivity index (χ1) is 12.3. The summed E-state index contributed by atoms with van der Waals surface area (Å²) in [4.78, 5) is 12.0. The second-order valence-corrected chi connectivity index (χ2v) is 7.45. The number of piperidine rings is 1. The molecule has 2 aliphatic heterocycles. The number of likely N-dealkylation sites (tertiary alicyclic amines) is 1. The molecule has 3 heterocycles. The molecule has 0 spiro atoms. The summed E-state index contributed by atoms with van der Waals surface area (Å²) in [5, 5.41) is 0.730. The van der Waals surface area contributed by atoms with Gasteiger partial charge in [-0.25, -0.2) is 4.98 Å². The van der Waals surface area contributed by atoms with E-state index in [0.717, 1.165) is 54.6 Å². The van der Waals surface area contributed by atoms with Crippen molar-refractivity contribution in [3.63, 3.8) is 0 Å². The predicted molar refractivity (Wildman–Crippen MR) is 99.9 cm³/mol. The summed E-state index contributed by atoms with van der Waals surface area (Å²) in [6.45, 7) is 4.08. The smallest absolute Gasteiger partial charge is 0.0889 e. The summed E-state index contributed by atoms with van der Waals surface area (Å²) in [5.74, 6) is 0.461. The summed E-state index contributed by atoms with van der Waals surface area (Å²) in [6.07, 6.45) is 8.49. The van der Waals surface area contributed by atoms with Crippen LogP contribution in [0.4, 0.5) is 0 Å². The fourth-order valence-corrected chi connectivity index (χ4v) is 4.18. The molecule has 132 valence electrons. The van der Waals surface area contributed by atoms with Gasteiger partial charge in [-0.1, -0.05) is 23.7 Å². The summed E-state index contributed by atoms with van der Waals surface area (Å²) in [7, 11) is 0. The average Bonchev–Trinajstić information content (AvgIpc) is 2.69. The molecule has 2 aliphatic rings. The quantitative estimate of drug-likeness (QED) is 0.826. The monoisotopic (exact) mass is 357 g/mol. The van der Waals surface area contributed by atoms with Gasteiger partial charge in [0.1, 0.15) is 0 Å². The first-order valence-corrected chi connectivity index (χ1v) is 9.57. The largest absolute Gasteiger partial charge is 0.381 e. The number of hydrogen-bond donors (Lipinski definition) is 0. The molecule has 0 aliphatic carbocycles. The van der Waals surface area contributed by atoms with Gasteiger partial charge in [0.15, 0.2) is 0 Å². The first-order valence-electron chi connectivity index (χ1n) is 9.19. The Morgan fingerprint density at radius 3 is 2.84 bits per heavy atom. The van der Waals surface area contributed by atoms with Gasteiger partial charge in [-0.3, -0.25) is 9.88 Å². The fraction of sp³-hybridized carbons (Fsp3) is 0.500. The van der Waals surface area contributed by atoms with Crippen molar-refractivity contribution in [3.05, 3.63) is 47.4 Å². The number of aromatic nitrogens is 2. The standard InChI is InChI=1S/C20H24ClN3O/c21-17-5-1-3-15(11-17)19-12-22-13-20(23-19)16-4-2-8-24(14-16)18-6-9-25-10-7-18/h1,3,5,11-13,16,18H,2,4,6-10,14H2. The van der Waals surface area contributed by atoms with Crippen molar-refractivity contribution in [1.29, 1.82) is 0 Å². The van der Waals surface area contributed by atoms with E-state index in [1.165, 1.54) is 19.4 Å². The minimum Gasteiger partial charge on any atom is -0.381 e. The molecule has 4 nitrogen and oxygen atoms in total. The maximum atomic E-state index is 6.12. The Labute approximate surface area is 154 Å². The molecule has 2 fully saturated rings. The molecule has 0 radical (unpaired) electrons. The van der Waals surface area contributed by atoms with E-state index in [4.69, 9.17) is 21.3 Å². The van der Waals surface area contributed by atoms with Crippen LogP contribution in [0.1, 0.15) is 37.3 Å². The molecule has 2 aromatic rings. The number of hydrogen-bond acceptors (Lipinski definition) is 4. The Morgan fingerprint density at radius 2 is 2.00 bits per heavy atom. The summed E-state index contributed by atoms with van der Waals surface area (Å²) < 4.78 is 5.52. The molecule has 0 saturated carbocycles. The molecule has 1 aromatic heterocycles. The summed E-state index contributed by atoms with van der Waals surface area (Å²) in [6, 6.07) is 8.49. The van der Waals surface area contributed by atoms with Crippen LogP contribution in [0.15, 0.2) is 36.7 Å². The maximum absolute atomic E-state index is 6.12. The van der Waals surface area contributed by atoms with E-state index >= 15 is 0 Å². The highest BCUT2D eigenvalue weighted by molar-refractivity contribution is 6.30. The van der Waals surface area contributed by atoms with Crippen LogP contribution < -0.4 is 0 Å². The molecule has 1 atom stereocenters. The average molecular weight is 358 g/mol. The van der Waals surface area contributed by atoms with Gasteiger partial charge in [0.2, 0.25) is 0 Å². The fourth-order valence-electron chi connectivity index (χ4n) is 3.99. The molecule has 2 saturated heterocycles. The number of halogens is 1. The molecule has 1 unspecified atom stereocenters. The third-order valence-electron chi connectivity index (χ3n) is 5.35. The maximum Gasteiger partial charge on any atom is 0.0889 e. The van der Waals surface area contributed by atoms with Gasteiger partial charge in [0.25, 0.3) is 0 Å². The van der Waals surface area contributed by atoms with Gasteiger partial charge >= 0.3 is 0 Å². The van der Waals surface area contributed by atoms with Crippen LogP contribution in [0.25, 0.3) is 11.3 Å². The Balaban J connectivity index is 1.52. The molecule has 25 heavy (non-hydrogen) atoms. The van der Waals surface area contributed by atoms with Crippen molar-refractivity contribution < 1.29 is 4.74 Å². The lowest BCUT2D eigenvalue weighted by atomic mass is 9.92. The zero-order valence-electron chi connectivity index (χ0n) is 14.4. The minimum atomic E-state index is 0.461. The Kier molecular flexibility index (Phi) is 5.30. The van der Waals surface area contributed by atoms with Crippen molar-refractivity contribution in [2.45, 2.75) is 37.6 Å². The molecule has 1 aromatic carbocycles. The van der Waals surface area contributed by atoms with Crippen molar-refractivity contribution in [3.8, 4) is 11.3 Å². The van der Waals surface area contributed by atoms with Gasteiger partial charge in [-0.2, -0.15) is 0 Å².